The first kappa shape index (κ1) is 19.6. The predicted octanol–water partition coefficient (Wildman–Crippen LogP) is 4.40. The summed E-state index contributed by atoms with van der Waals surface area (Å²) in [6.45, 7) is 1.50. The summed E-state index contributed by atoms with van der Waals surface area (Å²) in [5.41, 5.74) is 3.11. The van der Waals surface area contributed by atoms with Crippen molar-refractivity contribution in [2.75, 3.05) is 49.9 Å². The molecule has 0 amide bonds. The maximum absolute atomic E-state index is 5.11. The van der Waals surface area contributed by atoms with E-state index in [1.165, 1.54) is 0 Å². The van der Waals surface area contributed by atoms with Gasteiger partial charge in [-0.1, -0.05) is 30.3 Å². The zero-order valence-corrected chi connectivity index (χ0v) is 16.6. The van der Waals surface area contributed by atoms with E-state index in [1.54, 1.807) is 7.11 Å². The average molecular weight is 377 g/mol. The first-order valence-electron chi connectivity index (χ1n) is 9.37. The van der Waals surface area contributed by atoms with Crippen LogP contribution in [0.1, 0.15) is 6.42 Å². The Labute approximate surface area is 166 Å². The van der Waals surface area contributed by atoms with Crippen molar-refractivity contribution in [3.63, 3.8) is 0 Å². The molecule has 0 fully saturated rings. The van der Waals surface area contributed by atoms with Crippen molar-refractivity contribution >= 4 is 23.0 Å². The zero-order chi connectivity index (χ0) is 19.8. The molecule has 0 radical (unpaired) electrons. The quantitative estimate of drug-likeness (QED) is 0.539. The molecular formula is C22H27N5O. The molecule has 2 N–H and O–H groups in total. The third-order valence-corrected chi connectivity index (χ3v) is 4.25. The Hall–Kier alpha value is -3.12. The summed E-state index contributed by atoms with van der Waals surface area (Å²) in [6.07, 6.45) is 0.913. The highest BCUT2D eigenvalue weighted by Gasteiger charge is 2.08. The van der Waals surface area contributed by atoms with Gasteiger partial charge in [-0.2, -0.15) is 0 Å². The molecular weight excluding hydrogens is 350 g/mol. The summed E-state index contributed by atoms with van der Waals surface area (Å²) in [7, 11) is 5.77. The molecule has 0 bridgehead atoms. The lowest BCUT2D eigenvalue weighted by atomic mass is 10.2. The van der Waals surface area contributed by atoms with Crippen LogP contribution in [0.5, 0.6) is 0 Å². The van der Waals surface area contributed by atoms with Gasteiger partial charge in [0.1, 0.15) is 11.6 Å². The molecule has 2 aromatic carbocycles. The molecule has 28 heavy (non-hydrogen) atoms. The van der Waals surface area contributed by atoms with Gasteiger partial charge in [-0.25, -0.2) is 9.97 Å². The number of aromatic nitrogens is 2. The van der Waals surface area contributed by atoms with Gasteiger partial charge >= 0.3 is 0 Å². The first-order valence-corrected chi connectivity index (χ1v) is 9.37. The van der Waals surface area contributed by atoms with Crippen LogP contribution >= 0.6 is 0 Å². The van der Waals surface area contributed by atoms with Crippen LogP contribution in [0.2, 0.25) is 0 Å². The molecule has 3 aromatic rings. The van der Waals surface area contributed by atoms with Crippen molar-refractivity contribution in [1.29, 1.82) is 0 Å². The van der Waals surface area contributed by atoms with Gasteiger partial charge in [-0.05, 0) is 30.7 Å². The normalized spacial score (nSPS) is 10.5. The highest BCUT2D eigenvalue weighted by molar-refractivity contribution is 5.66. The third kappa shape index (κ3) is 5.44. The Bertz CT molecular complexity index is 866. The number of ether oxygens (including phenoxy) is 1. The number of hydrogen-bond acceptors (Lipinski definition) is 6. The second-order valence-corrected chi connectivity index (χ2v) is 6.67. The van der Waals surface area contributed by atoms with Gasteiger partial charge in [0.25, 0.3) is 0 Å². The van der Waals surface area contributed by atoms with E-state index < -0.39 is 0 Å². The molecule has 6 heteroatoms. The van der Waals surface area contributed by atoms with E-state index in [2.05, 4.69) is 32.7 Å². The summed E-state index contributed by atoms with van der Waals surface area (Å²) < 4.78 is 5.11. The highest BCUT2D eigenvalue weighted by Crippen LogP contribution is 2.24. The lowest BCUT2D eigenvalue weighted by Gasteiger charge is -2.14. The minimum atomic E-state index is 0.685. The van der Waals surface area contributed by atoms with Crippen molar-refractivity contribution in [3.8, 4) is 11.4 Å². The van der Waals surface area contributed by atoms with Gasteiger partial charge in [0.2, 0.25) is 0 Å². The summed E-state index contributed by atoms with van der Waals surface area (Å²) in [5.74, 6) is 2.22. The zero-order valence-electron chi connectivity index (χ0n) is 16.6. The molecule has 0 aliphatic carbocycles. The fraction of sp³-hybridized carbons (Fsp3) is 0.273. The molecule has 3 rings (SSSR count). The lowest BCUT2D eigenvalue weighted by molar-refractivity contribution is 0.198. The maximum atomic E-state index is 5.11. The Morgan fingerprint density at radius 3 is 2.32 bits per heavy atom. The number of anilines is 4. The van der Waals surface area contributed by atoms with Crippen molar-refractivity contribution in [1.82, 2.24) is 9.97 Å². The smallest absolute Gasteiger partial charge is 0.163 e. The van der Waals surface area contributed by atoms with Crippen molar-refractivity contribution in [2.45, 2.75) is 6.42 Å². The maximum Gasteiger partial charge on any atom is 0.163 e. The van der Waals surface area contributed by atoms with E-state index in [0.29, 0.717) is 12.4 Å². The number of rotatable bonds is 9. The van der Waals surface area contributed by atoms with E-state index in [0.717, 1.165) is 41.5 Å². The lowest BCUT2D eigenvalue weighted by Crippen LogP contribution is -2.09. The molecule has 0 saturated carbocycles. The minimum absolute atomic E-state index is 0.685. The summed E-state index contributed by atoms with van der Waals surface area (Å²) in [4.78, 5) is 11.4. The molecule has 1 heterocycles. The molecule has 146 valence electrons. The summed E-state index contributed by atoms with van der Waals surface area (Å²) in [6, 6.07) is 20.2. The average Bonchev–Trinajstić information content (AvgIpc) is 2.72. The van der Waals surface area contributed by atoms with Crippen molar-refractivity contribution in [2.24, 2.45) is 0 Å². The fourth-order valence-electron chi connectivity index (χ4n) is 2.74. The minimum Gasteiger partial charge on any atom is -0.385 e. The summed E-state index contributed by atoms with van der Waals surface area (Å²) >= 11 is 0. The second-order valence-electron chi connectivity index (χ2n) is 6.67. The number of benzene rings is 2. The summed E-state index contributed by atoms with van der Waals surface area (Å²) in [5, 5.41) is 6.75. The van der Waals surface area contributed by atoms with E-state index in [9.17, 15) is 0 Å². The Morgan fingerprint density at radius 1 is 0.929 bits per heavy atom. The molecule has 0 unspecified atom stereocenters. The largest absolute Gasteiger partial charge is 0.385 e. The molecule has 0 atom stereocenters. The van der Waals surface area contributed by atoms with E-state index in [-0.39, 0.29) is 0 Å². The SMILES string of the molecule is COCCCNc1cc(Nc2ccc(N(C)C)cc2)nc(-c2ccccc2)n1. The second kappa shape index (κ2) is 9.71. The van der Waals surface area contributed by atoms with E-state index >= 15 is 0 Å². The van der Waals surface area contributed by atoms with Crippen molar-refractivity contribution < 1.29 is 4.74 Å². The van der Waals surface area contributed by atoms with Gasteiger partial charge in [-0.3, -0.25) is 0 Å². The van der Waals surface area contributed by atoms with Gasteiger partial charge in [0, 0.05) is 57.4 Å². The van der Waals surface area contributed by atoms with Crippen LogP contribution in [0.25, 0.3) is 11.4 Å². The van der Waals surface area contributed by atoms with Gasteiger partial charge in [-0.15, -0.1) is 0 Å². The Morgan fingerprint density at radius 2 is 1.64 bits per heavy atom. The number of nitrogens with zero attached hydrogens (tertiary/aromatic N) is 3. The Kier molecular flexibility index (Phi) is 6.81. The molecule has 0 spiro atoms. The van der Waals surface area contributed by atoms with Crippen LogP contribution in [0.15, 0.2) is 60.7 Å². The van der Waals surface area contributed by atoms with Crippen molar-refractivity contribution in [3.05, 3.63) is 60.7 Å². The van der Waals surface area contributed by atoms with Gasteiger partial charge < -0.3 is 20.3 Å². The number of methoxy groups -OCH3 is 1. The van der Waals surface area contributed by atoms with Crippen LogP contribution in [-0.4, -0.2) is 44.3 Å². The third-order valence-electron chi connectivity index (χ3n) is 4.25. The molecule has 6 nitrogen and oxygen atoms in total. The van der Waals surface area contributed by atoms with Crippen LogP contribution in [0, 0.1) is 0 Å². The fourth-order valence-corrected chi connectivity index (χ4v) is 2.74. The predicted molar refractivity (Wildman–Crippen MR) is 117 cm³/mol. The number of hydrogen-bond donors (Lipinski definition) is 2. The van der Waals surface area contributed by atoms with Crippen LogP contribution in [0.4, 0.5) is 23.0 Å². The molecule has 1 aromatic heterocycles. The van der Waals surface area contributed by atoms with E-state index in [1.807, 2.05) is 62.6 Å². The topological polar surface area (TPSA) is 62.3 Å². The Balaban J connectivity index is 1.83. The monoisotopic (exact) mass is 377 g/mol. The van der Waals surface area contributed by atoms with E-state index in [4.69, 9.17) is 9.72 Å². The van der Waals surface area contributed by atoms with Crippen LogP contribution in [-0.2, 0) is 4.74 Å². The highest BCUT2D eigenvalue weighted by atomic mass is 16.5. The first-order chi connectivity index (χ1) is 13.7. The molecule has 0 aliphatic heterocycles. The number of nitrogens with one attached hydrogen (secondary N) is 2. The van der Waals surface area contributed by atoms with Gasteiger partial charge in [0.05, 0.1) is 0 Å². The molecule has 0 saturated heterocycles. The van der Waals surface area contributed by atoms with Crippen LogP contribution in [0.3, 0.4) is 0 Å². The molecule has 0 aliphatic rings. The standard InChI is InChI=1S/C22H27N5O/c1-27(2)19-12-10-18(11-13-19)24-21-16-20(23-14-7-15-28-3)25-22(26-21)17-8-5-4-6-9-17/h4-6,8-13,16H,7,14-15H2,1-3H3,(H2,23,24,25,26). The van der Waals surface area contributed by atoms with Crippen LogP contribution < -0.4 is 15.5 Å². The van der Waals surface area contributed by atoms with Gasteiger partial charge in [0.15, 0.2) is 5.82 Å².